The fraction of sp³-hybridized carbons (Fsp3) is 0.971. The molecule has 0 aliphatic heterocycles. The van der Waals surface area contributed by atoms with Gasteiger partial charge >= 0.3 is 5.97 Å². The van der Waals surface area contributed by atoms with Crippen LogP contribution in [0.2, 0.25) is 0 Å². The van der Waals surface area contributed by atoms with Crippen LogP contribution in [-0.2, 0) is 9.53 Å². The van der Waals surface area contributed by atoms with Gasteiger partial charge < -0.3 is 35.4 Å². The van der Waals surface area contributed by atoms with E-state index in [1.54, 1.807) is 0 Å². The minimum absolute atomic E-state index is 0.122. The minimum atomic E-state index is -2.05. The van der Waals surface area contributed by atoms with Crippen molar-refractivity contribution in [1.82, 2.24) is 0 Å². The van der Waals surface area contributed by atoms with E-state index >= 15 is 0 Å². The molecule has 6 atom stereocenters. The third-order valence-corrected chi connectivity index (χ3v) is 8.71. The number of aliphatic hydroxyl groups excluding tert-OH is 6. The molecule has 8 heteroatoms. The minimum Gasteiger partial charge on any atom is -0.433 e. The fourth-order valence-corrected chi connectivity index (χ4v) is 5.74. The Bertz CT molecular complexity index is 604. The molecule has 0 saturated carbocycles. The van der Waals surface area contributed by atoms with Crippen molar-refractivity contribution in [2.45, 2.75) is 205 Å². The molecule has 0 bridgehead atoms. The van der Waals surface area contributed by atoms with Crippen molar-refractivity contribution >= 4 is 5.97 Å². The van der Waals surface area contributed by atoms with Gasteiger partial charge in [0.2, 0.25) is 6.29 Å². The lowest BCUT2D eigenvalue weighted by molar-refractivity contribution is -0.214. The number of carbonyl (C=O) groups excluding carboxylic acids is 1. The first-order chi connectivity index (χ1) is 20.8. The number of aliphatic hydroxyl groups is 6. The third-order valence-electron chi connectivity index (χ3n) is 8.71. The molecule has 0 fully saturated rings. The van der Waals surface area contributed by atoms with Crippen LogP contribution in [0.3, 0.4) is 0 Å². The summed E-state index contributed by atoms with van der Waals surface area (Å²) in [5.74, 6) is -0.535. The summed E-state index contributed by atoms with van der Waals surface area (Å²) in [7, 11) is 0. The summed E-state index contributed by atoms with van der Waals surface area (Å²) < 4.78 is 4.99. The third kappa shape index (κ3) is 24.2. The van der Waals surface area contributed by atoms with Gasteiger partial charge in [0.1, 0.15) is 24.4 Å². The van der Waals surface area contributed by atoms with Gasteiger partial charge in [-0.2, -0.15) is 0 Å². The SMILES string of the molecule is CCCCCCCCCCCCCCC(CCCCCCCCCCCC)CC(=O)OC(O)[C@@H](O)[C@@H](O)[C@H](O)[C@H](O)CO. The van der Waals surface area contributed by atoms with Crippen molar-refractivity contribution in [3.05, 3.63) is 0 Å². The van der Waals surface area contributed by atoms with Crippen LogP contribution in [0, 0.1) is 5.92 Å². The maximum Gasteiger partial charge on any atom is 0.308 e. The van der Waals surface area contributed by atoms with E-state index in [1.807, 2.05) is 0 Å². The van der Waals surface area contributed by atoms with Gasteiger partial charge in [0.05, 0.1) is 6.61 Å². The van der Waals surface area contributed by atoms with Crippen LogP contribution < -0.4 is 0 Å². The molecule has 0 spiro atoms. The second-order valence-corrected chi connectivity index (χ2v) is 12.8. The zero-order chi connectivity index (χ0) is 32.1. The maximum absolute atomic E-state index is 12.6. The lowest BCUT2D eigenvalue weighted by Gasteiger charge is -2.28. The highest BCUT2D eigenvalue weighted by Crippen LogP contribution is 2.24. The summed E-state index contributed by atoms with van der Waals surface area (Å²) in [5, 5.41) is 58.3. The summed E-state index contributed by atoms with van der Waals surface area (Å²) >= 11 is 0. The first kappa shape index (κ1) is 42.2. The fourth-order valence-electron chi connectivity index (χ4n) is 5.74. The van der Waals surface area contributed by atoms with Gasteiger partial charge in [0, 0.05) is 6.42 Å². The van der Waals surface area contributed by atoms with E-state index in [4.69, 9.17) is 9.84 Å². The Hall–Kier alpha value is -0.770. The second-order valence-electron chi connectivity index (χ2n) is 12.8. The molecule has 0 rings (SSSR count). The lowest BCUT2D eigenvalue weighted by atomic mass is 9.91. The molecule has 8 nitrogen and oxygen atoms in total. The summed E-state index contributed by atoms with van der Waals surface area (Å²) in [6.07, 6.45) is 20.1. The van der Waals surface area contributed by atoms with E-state index in [0.717, 1.165) is 38.5 Å². The Morgan fingerprint density at radius 1 is 0.512 bits per heavy atom. The molecule has 0 aromatic rings. The highest BCUT2D eigenvalue weighted by molar-refractivity contribution is 5.69. The van der Waals surface area contributed by atoms with Crippen molar-refractivity contribution in [3.8, 4) is 0 Å². The number of ether oxygens (including phenoxy) is 1. The van der Waals surface area contributed by atoms with Crippen LogP contribution in [0.1, 0.15) is 174 Å². The average molecular weight is 619 g/mol. The van der Waals surface area contributed by atoms with E-state index in [9.17, 15) is 30.3 Å². The topological polar surface area (TPSA) is 148 Å². The van der Waals surface area contributed by atoms with Crippen LogP contribution in [0.5, 0.6) is 0 Å². The van der Waals surface area contributed by atoms with Crippen LogP contribution >= 0.6 is 0 Å². The first-order valence-corrected chi connectivity index (χ1v) is 18.0. The van der Waals surface area contributed by atoms with E-state index in [1.165, 1.54) is 116 Å². The van der Waals surface area contributed by atoms with Gasteiger partial charge in [-0.15, -0.1) is 0 Å². The number of carbonyl (C=O) groups is 1. The summed E-state index contributed by atoms with van der Waals surface area (Å²) in [4.78, 5) is 12.6. The standard InChI is InChI=1S/C35H70O8/c1-3-5-7-9-11-13-15-16-18-20-22-24-26-29(25-23-21-19-17-14-12-10-8-6-4-2)27-31(38)43-35(42)34(41)33(40)32(39)30(37)28-36/h29-30,32-37,39-42H,3-28H2,1-2H3/t29?,30-,32-,33+,34+,35?/m1/s1. The van der Waals surface area contributed by atoms with Crippen LogP contribution in [-0.4, -0.2) is 73.9 Å². The first-order valence-electron chi connectivity index (χ1n) is 18.0. The van der Waals surface area contributed by atoms with Gasteiger partial charge in [0.25, 0.3) is 0 Å². The molecule has 0 aliphatic carbocycles. The van der Waals surface area contributed by atoms with E-state index in [2.05, 4.69) is 13.8 Å². The van der Waals surface area contributed by atoms with Crippen molar-refractivity contribution in [3.63, 3.8) is 0 Å². The highest BCUT2D eigenvalue weighted by atomic mass is 16.6. The molecule has 0 aliphatic rings. The maximum atomic E-state index is 12.6. The monoisotopic (exact) mass is 619 g/mol. The van der Waals surface area contributed by atoms with Gasteiger partial charge in [-0.25, -0.2) is 0 Å². The van der Waals surface area contributed by atoms with Crippen molar-refractivity contribution in [1.29, 1.82) is 0 Å². The van der Waals surface area contributed by atoms with Crippen molar-refractivity contribution < 1.29 is 40.2 Å². The van der Waals surface area contributed by atoms with E-state index in [0.29, 0.717) is 0 Å². The van der Waals surface area contributed by atoms with Crippen LogP contribution in [0.25, 0.3) is 0 Å². The number of rotatable bonds is 32. The molecule has 0 amide bonds. The summed E-state index contributed by atoms with van der Waals surface area (Å²) in [5.41, 5.74) is 0. The molecule has 258 valence electrons. The zero-order valence-electron chi connectivity index (χ0n) is 27.8. The number of hydrogen-bond acceptors (Lipinski definition) is 8. The molecule has 2 unspecified atom stereocenters. The predicted octanol–water partition coefficient (Wildman–Crippen LogP) is 6.69. The van der Waals surface area contributed by atoms with E-state index in [-0.39, 0.29) is 12.3 Å². The van der Waals surface area contributed by atoms with Crippen LogP contribution in [0.4, 0.5) is 0 Å². The molecule has 0 aromatic carbocycles. The van der Waals surface area contributed by atoms with Gasteiger partial charge in [-0.3, -0.25) is 4.79 Å². The lowest BCUT2D eigenvalue weighted by Crippen LogP contribution is -2.51. The Balaban J connectivity index is 4.49. The highest BCUT2D eigenvalue weighted by Gasteiger charge is 2.36. The molecule has 0 aromatic heterocycles. The van der Waals surface area contributed by atoms with Gasteiger partial charge in [-0.05, 0) is 18.8 Å². The zero-order valence-corrected chi connectivity index (χ0v) is 27.8. The predicted molar refractivity (Wildman–Crippen MR) is 173 cm³/mol. The van der Waals surface area contributed by atoms with Crippen LogP contribution in [0.15, 0.2) is 0 Å². The average Bonchev–Trinajstić information content (AvgIpc) is 3.00. The molecule has 43 heavy (non-hydrogen) atoms. The molecular weight excluding hydrogens is 548 g/mol. The van der Waals surface area contributed by atoms with Gasteiger partial charge in [-0.1, -0.05) is 155 Å². The number of esters is 1. The molecule has 0 heterocycles. The van der Waals surface area contributed by atoms with Crippen molar-refractivity contribution in [2.75, 3.05) is 6.61 Å². The van der Waals surface area contributed by atoms with Gasteiger partial charge in [0.15, 0.2) is 0 Å². The quantitative estimate of drug-likeness (QED) is 0.0277. The Labute approximate surface area is 263 Å². The summed E-state index contributed by atoms with van der Waals surface area (Å²) in [6, 6.07) is 0. The smallest absolute Gasteiger partial charge is 0.308 e. The number of unbranched alkanes of at least 4 members (excludes halogenated alkanes) is 20. The Morgan fingerprint density at radius 3 is 1.21 bits per heavy atom. The molecular formula is C35H70O8. The molecule has 6 N–H and O–H groups in total. The Morgan fingerprint density at radius 2 is 0.860 bits per heavy atom. The second kappa shape index (κ2) is 29.9. The largest absolute Gasteiger partial charge is 0.433 e. The van der Waals surface area contributed by atoms with Crippen molar-refractivity contribution in [2.24, 2.45) is 5.92 Å². The molecule has 0 saturated heterocycles. The number of hydrogen-bond donors (Lipinski definition) is 6. The van der Waals surface area contributed by atoms with E-state index < -0.39 is 43.3 Å². The molecule has 0 radical (unpaired) electrons. The summed E-state index contributed by atoms with van der Waals surface area (Å²) in [6.45, 7) is 3.65. The normalized spacial score (nSPS) is 16.0. The Kier molecular flexibility index (Phi) is 29.4.